The van der Waals surface area contributed by atoms with Crippen LogP contribution >= 0.6 is 11.6 Å². The maximum atomic E-state index is 14.0. The lowest BCUT2D eigenvalue weighted by molar-refractivity contribution is 0.269. The summed E-state index contributed by atoms with van der Waals surface area (Å²) >= 11 is 5.91. The number of nitriles is 1. The zero-order valence-electron chi connectivity index (χ0n) is 15.9. The van der Waals surface area contributed by atoms with Crippen LogP contribution in [-0.4, -0.2) is 6.61 Å². The lowest BCUT2D eigenvalue weighted by atomic mass is 10.0. The van der Waals surface area contributed by atoms with E-state index in [1.54, 1.807) is 42.5 Å². The highest BCUT2D eigenvalue weighted by Gasteiger charge is 2.10. The molecule has 0 aliphatic heterocycles. The molecule has 3 aromatic carbocycles. The Labute approximate surface area is 174 Å². The monoisotopic (exact) mass is 407 g/mol. The van der Waals surface area contributed by atoms with Gasteiger partial charge in [0.15, 0.2) is 11.5 Å². The summed E-state index contributed by atoms with van der Waals surface area (Å²) in [6.07, 6.45) is 1.63. The number of nitrogens with zero attached hydrogens (tertiary/aromatic N) is 1. The van der Waals surface area contributed by atoms with Crippen molar-refractivity contribution in [3.05, 3.63) is 94.3 Å². The molecule has 3 aromatic rings. The summed E-state index contributed by atoms with van der Waals surface area (Å²) in [6, 6.07) is 21.0. The van der Waals surface area contributed by atoms with Crippen molar-refractivity contribution in [1.82, 2.24) is 0 Å². The van der Waals surface area contributed by atoms with Crippen LogP contribution in [0, 0.1) is 17.1 Å². The van der Waals surface area contributed by atoms with Crippen LogP contribution in [0.2, 0.25) is 5.02 Å². The van der Waals surface area contributed by atoms with Crippen LogP contribution in [0.15, 0.2) is 66.7 Å². The smallest absolute Gasteiger partial charge is 0.161 e. The minimum absolute atomic E-state index is 0.236. The van der Waals surface area contributed by atoms with Gasteiger partial charge in [-0.2, -0.15) is 5.26 Å². The molecule has 3 nitrogen and oxygen atoms in total. The van der Waals surface area contributed by atoms with E-state index in [9.17, 15) is 9.65 Å². The second kappa shape index (κ2) is 9.77. The molecule has 3 rings (SSSR count). The number of rotatable bonds is 7. The van der Waals surface area contributed by atoms with Crippen LogP contribution in [0.4, 0.5) is 4.39 Å². The van der Waals surface area contributed by atoms with E-state index in [4.69, 9.17) is 21.1 Å². The third kappa shape index (κ3) is 5.37. The van der Waals surface area contributed by atoms with E-state index in [2.05, 4.69) is 6.07 Å². The van der Waals surface area contributed by atoms with Crippen molar-refractivity contribution in [2.45, 2.75) is 13.5 Å². The number of hydrogen-bond donors (Lipinski definition) is 0. The molecule has 5 heteroatoms. The highest BCUT2D eigenvalue weighted by molar-refractivity contribution is 6.30. The van der Waals surface area contributed by atoms with Gasteiger partial charge in [-0.15, -0.1) is 0 Å². The summed E-state index contributed by atoms with van der Waals surface area (Å²) in [5, 5.41) is 10.1. The van der Waals surface area contributed by atoms with Gasteiger partial charge in [0.2, 0.25) is 0 Å². The lowest BCUT2D eigenvalue weighted by Crippen LogP contribution is -2.00. The predicted molar refractivity (Wildman–Crippen MR) is 113 cm³/mol. The maximum Gasteiger partial charge on any atom is 0.161 e. The SMILES string of the molecule is CCOc1cc(C=C(C#N)c2ccccc2F)ccc1OCc1ccc(Cl)cc1. The Morgan fingerprint density at radius 1 is 1.03 bits per heavy atom. The first-order valence-electron chi connectivity index (χ1n) is 9.11. The van der Waals surface area contributed by atoms with Crippen molar-refractivity contribution in [3.63, 3.8) is 0 Å². The zero-order valence-corrected chi connectivity index (χ0v) is 16.6. The van der Waals surface area contributed by atoms with Crippen molar-refractivity contribution in [1.29, 1.82) is 5.26 Å². The van der Waals surface area contributed by atoms with Crippen molar-refractivity contribution < 1.29 is 13.9 Å². The molecular weight excluding hydrogens is 389 g/mol. The minimum atomic E-state index is -0.437. The predicted octanol–water partition coefficient (Wildman–Crippen LogP) is 6.52. The Kier molecular flexibility index (Phi) is 6.89. The Morgan fingerprint density at radius 2 is 1.79 bits per heavy atom. The third-order valence-electron chi connectivity index (χ3n) is 4.17. The van der Waals surface area contributed by atoms with Gasteiger partial charge in [0.05, 0.1) is 18.2 Å². The van der Waals surface area contributed by atoms with Crippen molar-refractivity contribution >= 4 is 23.3 Å². The molecule has 0 aliphatic carbocycles. The van der Waals surface area contributed by atoms with Crippen LogP contribution in [0.5, 0.6) is 11.5 Å². The molecule has 0 saturated heterocycles. The van der Waals surface area contributed by atoms with E-state index in [-0.39, 0.29) is 11.1 Å². The minimum Gasteiger partial charge on any atom is -0.490 e. The van der Waals surface area contributed by atoms with Crippen LogP contribution in [0.25, 0.3) is 11.6 Å². The first-order chi connectivity index (χ1) is 14.1. The summed E-state index contributed by atoms with van der Waals surface area (Å²) in [5.41, 5.74) is 2.19. The molecule has 0 aromatic heterocycles. The average Bonchev–Trinajstić information content (AvgIpc) is 2.73. The number of benzene rings is 3. The fourth-order valence-electron chi connectivity index (χ4n) is 2.76. The molecule has 0 fully saturated rings. The van der Waals surface area contributed by atoms with Gasteiger partial charge in [0.1, 0.15) is 12.4 Å². The van der Waals surface area contributed by atoms with Crippen LogP contribution in [-0.2, 0) is 6.61 Å². The standard InChI is InChI=1S/C24H19ClFNO2/c1-2-28-24-14-18(13-19(15-27)21-5-3-4-6-22(21)26)9-12-23(24)29-16-17-7-10-20(25)11-8-17/h3-14H,2,16H2,1H3. The van der Waals surface area contributed by atoms with Gasteiger partial charge in [-0.05, 0) is 54.5 Å². The first-order valence-corrected chi connectivity index (χ1v) is 9.49. The zero-order chi connectivity index (χ0) is 20.6. The number of halogens is 2. The molecule has 29 heavy (non-hydrogen) atoms. The molecule has 0 atom stereocenters. The number of hydrogen-bond acceptors (Lipinski definition) is 3. The number of allylic oxidation sites excluding steroid dienone is 1. The Balaban J connectivity index is 1.86. The fraction of sp³-hybridized carbons (Fsp3) is 0.125. The fourth-order valence-corrected chi connectivity index (χ4v) is 2.89. The number of ether oxygens (including phenoxy) is 2. The van der Waals surface area contributed by atoms with Crippen LogP contribution < -0.4 is 9.47 Å². The van der Waals surface area contributed by atoms with Crippen molar-refractivity contribution in [2.75, 3.05) is 6.61 Å². The van der Waals surface area contributed by atoms with Gasteiger partial charge in [-0.25, -0.2) is 4.39 Å². The van der Waals surface area contributed by atoms with Crippen LogP contribution in [0.3, 0.4) is 0 Å². The largest absolute Gasteiger partial charge is 0.490 e. The molecule has 0 heterocycles. The molecular formula is C24H19ClFNO2. The topological polar surface area (TPSA) is 42.2 Å². The normalized spacial score (nSPS) is 11.0. The van der Waals surface area contributed by atoms with Crippen LogP contribution in [0.1, 0.15) is 23.6 Å². The van der Waals surface area contributed by atoms with Gasteiger partial charge >= 0.3 is 0 Å². The Morgan fingerprint density at radius 3 is 2.48 bits per heavy atom. The second-order valence-corrected chi connectivity index (χ2v) is 6.64. The quantitative estimate of drug-likeness (QED) is 0.330. The molecule has 0 unspecified atom stereocenters. The average molecular weight is 408 g/mol. The maximum absolute atomic E-state index is 14.0. The van der Waals surface area contributed by atoms with E-state index >= 15 is 0 Å². The van der Waals surface area contributed by atoms with E-state index in [1.165, 1.54) is 6.07 Å². The van der Waals surface area contributed by atoms with Crippen molar-refractivity contribution in [2.24, 2.45) is 0 Å². The summed E-state index contributed by atoms with van der Waals surface area (Å²) in [4.78, 5) is 0. The molecule has 146 valence electrons. The summed E-state index contributed by atoms with van der Waals surface area (Å²) < 4.78 is 25.6. The summed E-state index contributed by atoms with van der Waals surface area (Å²) in [5.74, 6) is 0.706. The molecule has 0 N–H and O–H groups in total. The van der Waals surface area contributed by atoms with E-state index in [1.807, 2.05) is 31.2 Å². The Hall–Kier alpha value is -3.29. The molecule has 0 spiro atoms. The van der Waals surface area contributed by atoms with E-state index < -0.39 is 5.82 Å². The first kappa shape index (κ1) is 20.4. The molecule has 0 aliphatic rings. The van der Waals surface area contributed by atoms with Gasteiger partial charge < -0.3 is 9.47 Å². The van der Waals surface area contributed by atoms with Gasteiger partial charge in [-0.3, -0.25) is 0 Å². The molecule has 0 saturated carbocycles. The van der Waals surface area contributed by atoms with Gasteiger partial charge in [-0.1, -0.05) is 48.0 Å². The summed E-state index contributed by atoms with van der Waals surface area (Å²) in [7, 11) is 0. The molecule has 0 amide bonds. The lowest BCUT2D eigenvalue weighted by Gasteiger charge is -2.13. The van der Waals surface area contributed by atoms with E-state index in [0.29, 0.717) is 35.3 Å². The highest BCUT2D eigenvalue weighted by atomic mass is 35.5. The molecule has 0 radical (unpaired) electrons. The molecule has 0 bridgehead atoms. The second-order valence-electron chi connectivity index (χ2n) is 6.20. The van der Waals surface area contributed by atoms with Crippen molar-refractivity contribution in [3.8, 4) is 17.6 Å². The Bertz CT molecular complexity index is 1060. The van der Waals surface area contributed by atoms with E-state index in [0.717, 1.165) is 5.56 Å². The summed E-state index contributed by atoms with van der Waals surface area (Å²) in [6.45, 7) is 2.71. The van der Waals surface area contributed by atoms with Gasteiger partial charge in [0.25, 0.3) is 0 Å². The van der Waals surface area contributed by atoms with Gasteiger partial charge in [0, 0.05) is 10.6 Å². The highest BCUT2D eigenvalue weighted by Crippen LogP contribution is 2.31. The third-order valence-corrected chi connectivity index (χ3v) is 4.42.